The van der Waals surface area contributed by atoms with Gasteiger partial charge in [-0.1, -0.05) is 13.3 Å². The molecule has 1 aromatic carbocycles. The third-order valence-corrected chi connectivity index (χ3v) is 5.94. The van der Waals surface area contributed by atoms with Crippen molar-refractivity contribution in [3.63, 3.8) is 0 Å². The molecule has 3 N–H and O–H groups in total. The molecule has 8 heteroatoms. The number of hydrogen-bond acceptors (Lipinski definition) is 4. The maximum Gasteiger partial charge on any atom is 0.251 e. The number of carbonyl (C=O) groups is 1. The molecule has 0 aliphatic carbocycles. The minimum atomic E-state index is -3.55. The molecular weight excluding hydrogens is 338 g/mol. The number of nitrogens with one attached hydrogen (secondary N) is 1. The summed E-state index contributed by atoms with van der Waals surface area (Å²) < 4.78 is 26.8. The Kier molecular flexibility index (Phi) is 7.01. The van der Waals surface area contributed by atoms with Crippen LogP contribution in [0, 0.1) is 5.92 Å². The summed E-state index contributed by atoms with van der Waals surface area (Å²) in [5.41, 5.74) is 6.49. The van der Waals surface area contributed by atoms with Gasteiger partial charge in [-0.2, -0.15) is 4.31 Å². The fourth-order valence-electron chi connectivity index (χ4n) is 2.80. The maximum absolute atomic E-state index is 12.7. The number of sulfonamides is 1. The molecule has 23 heavy (non-hydrogen) atoms. The summed E-state index contributed by atoms with van der Waals surface area (Å²) in [4.78, 5) is 11.7. The lowest BCUT2D eigenvalue weighted by atomic mass is 9.99. The summed E-state index contributed by atoms with van der Waals surface area (Å²) in [6, 6.07) is 5.87. The maximum atomic E-state index is 12.7. The van der Waals surface area contributed by atoms with Crippen LogP contribution in [0.15, 0.2) is 29.2 Å². The fraction of sp³-hybridized carbons (Fsp3) is 0.533. The molecule has 0 spiro atoms. The molecule has 0 radical (unpaired) electrons. The molecule has 1 aliphatic heterocycles. The smallest absolute Gasteiger partial charge is 0.251 e. The number of carbonyl (C=O) groups excluding carboxylic acids is 1. The minimum Gasteiger partial charge on any atom is -0.355 e. The lowest BCUT2D eigenvalue weighted by Gasteiger charge is -2.16. The van der Waals surface area contributed by atoms with E-state index in [9.17, 15) is 13.2 Å². The van der Waals surface area contributed by atoms with Gasteiger partial charge < -0.3 is 11.1 Å². The molecular formula is C15H24ClN3O3S. The van der Waals surface area contributed by atoms with Crippen molar-refractivity contribution in [2.75, 3.05) is 20.1 Å². The van der Waals surface area contributed by atoms with E-state index in [1.165, 1.54) is 35.6 Å². The number of nitrogens with zero attached hydrogens (tertiary/aromatic N) is 1. The van der Waals surface area contributed by atoms with E-state index >= 15 is 0 Å². The molecule has 1 saturated heterocycles. The highest BCUT2D eigenvalue weighted by molar-refractivity contribution is 7.89. The van der Waals surface area contributed by atoms with Gasteiger partial charge in [0.25, 0.3) is 5.91 Å². The summed E-state index contributed by atoms with van der Waals surface area (Å²) >= 11 is 0. The van der Waals surface area contributed by atoms with Gasteiger partial charge in [0.1, 0.15) is 0 Å². The van der Waals surface area contributed by atoms with Crippen molar-refractivity contribution >= 4 is 28.3 Å². The second-order valence-electron chi connectivity index (χ2n) is 5.64. The van der Waals surface area contributed by atoms with Crippen LogP contribution in [0.4, 0.5) is 0 Å². The Bertz CT molecular complexity index is 634. The first-order chi connectivity index (χ1) is 10.4. The van der Waals surface area contributed by atoms with E-state index in [0.29, 0.717) is 18.7 Å². The average Bonchev–Trinajstić information content (AvgIpc) is 2.89. The van der Waals surface area contributed by atoms with Crippen molar-refractivity contribution in [3.8, 4) is 0 Å². The predicted molar refractivity (Wildman–Crippen MR) is 92.2 cm³/mol. The number of amides is 1. The van der Waals surface area contributed by atoms with Gasteiger partial charge >= 0.3 is 0 Å². The molecule has 1 aliphatic rings. The van der Waals surface area contributed by atoms with E-state index in [1.807, 2.05) is 0 Å². The predicted octanol–water partition coefficient (Wildman–Crippen LogP) is 1.22. The highest BCUT2D eigenvalue weighted by Gasteiger charge is 2.36. The zero-order chi connectivity index (χ0) is 16.3. The quantitative estimate of drug-likeness (QED) is 0.824. The molecule has 0 aromatic heterocycles. The lowest BCUT2D eigenvalue weighted by molar-refractivity contribution is 0.0963. The van der Waals surface area contributed by atoms with Crippen molar-refractivity contribution in [2.24, 2.45) is 11.7 Å². The Hall–Kier alpha value is -1.15. The van der Waals surface area contributed by atoms with Crippen LogP contribution in [0.5, 0.6) is 0 Å². The van der Waals surface area contributed by atoms with E-state index in [2.05, 4.69) is 12.2 Å². The minimum absolute atomic E-state index is 0. The monoisotopic (exact) mass is 361 g/mol. The van der Waals surface area contributed by atoms with Crippen LogP contribution in [0.25, 0.3) is 0 Å². The van der Waals surface area contributed by atoms with Crippen molar-refractivity contribution in [2.45, 2.75) is 30.7 Å². The van der Waals surface area contributed by atoms with Gasteiger partial charge in [-0.05, 0) is 36.6 Å². The SMILES string of the molecule is CCC[C@H]1CN(S(=O)(=O)c2ccc(C(=O)NC)cc2)C[C@@H]1N.Cl. The van der Waals surface area contributed by atoms with E-state index < -0.39 is 10.0 Å². The molecule has 1 fully saturated rings. The Labute approximate surface area is 143 Å². The zero-order valence-electron chi connectivity index (χ0n) is 13.4. The first kappa shape index (κ1) is 19.9. The Balaban J connectivity index is 0.00000264. The molecule has 2 rings (SSSR count). The second-order valence-corrected chi connectivity index (χ2v) is 7.58. The standard InChI is InChI=1S/C15H23N3O3S.ClH/c1-3-4-12-9-18(10-14(12)16)22(20,21)13-7-5-11(6-8-13)15(19)17-2;/h5-8,12,14H,3-4,9-10,16H2,1-2H3,(H,17,19);1H/t12-,14-;/m0./s1. The highest BCUT2D eigenvalue weighted by Crippen LogP contribution is 2.26. The fourth-order valence-corrected chi connectivity index (χ4v) is 4.33. The highest BCUT2D eigenvalue weighted by atomic mass is 35.5. The number of hydrogen-bond donors (Lipinski definition) is 2. The van der Waals surface area contributed by atoms with Crippen molar-refractivity contribution < 1.29 is 13.2 Å². The third-order valence-electron chi connectivity index (χ3n) is 4.10. The van der Waals surface area contributed by atoms with Crippen molar-refractivity contribution in [1.82, 2.24) is 9.62 Å². The molecule has 2 atom stereocenters. The van der Waals surface area contributed by atoms with Crippen LogP contribution in [-0.2, 0) is 10.0 Å². The summed E-state index contributed by atoms with van der Waals surface area (Å²) in [6.07, 6.45) is 1.93. The van der Waals surface area contributed by atoms with Crippen molar-refractivity contribution in [3.05, 3.63) is 29.8 Å². The first-order valence-electron chi connectivity index (χ1n) is 7.48. The van der Waals surface area contributed by atoms with Crippen LogP contribution in [-0.4, -0.2) is 44.8 Å². The topological polar surface area (TPSA) is 92.5 Å². The Morgan fingerprint density at radius 2 is 1.91 bits per heavy atom. The molecule has 6 nitrogen and oxygen atoms in total. The molecule has 0 unspecified atom stereocenters. The Morgan fingerprint density at radius 3 is 2.43 bits per heavy atom. The van der Waals surface area contributed by atoms with Gasteiger partial charge in [0, 0.05) is 31.7 Å². The van der Waals surface area contributed by atoms with Gasteiger partial charge in [0.05, 0.1) is 4.90 Å². The van der Waals surface area contributed by atoms with Gasteiger partial charge in [0.2, 0.25) is 10.0 Å². The van der Waals surface area contributed by atoms with Crippen LogP contribution < -0.4 is 11.1 Å². The average molecular weight is 362 g/mol. The van der Waals surface area contributed by atoms with Crippen LogP contribution in [0.1, 0.15) is 30.1 Å². The van der Waals surface area contributed by atoms with Gasteiger partial charge in [0.15, 0.2) is 0 Å². The van der Waals surface area contributed by atoms with E-state index in [-0.39, 0.29) is 35.2 Å². The zero-order valence-corrected chi connectivity index (χ0v) is 15.0. The summed E-state index contributed by atoms with van der Waals surface area (Å²) in [5, 5.41) is 2.50. The lowest BCUT2D eigenvalue weighted by Crippen LogP contribution is -2.32. The van der Waals surface area contributed by atoms with Crippen LogP contribution in [0.2, 0.25) is 0 Å². The summed E-state index contributed by atoms with van der Waals surface area (Å²) in [7, 11) is -2.02. The number of nitrogens with two attached hydrogens (primary N) is 1. The largest absolute Gasteiger partial charge is 0.355 e. The van der Waals surface area contributed by atoms with Crippen LogP contribution >= 0.6 is 12.4 Å². The summed E-state index contributed by atoms with van der Waals surface area (Å²) in [6.45, 7) is 2.89. The molecule has 1 aromatic rings. The summed E-state index contributed by atoms with van der Waals surface area (Å²) in [5.74, 6) is -0.0277. The normalized spacial score (nSPS) is 21.7. The van der Waals surface area contributed by atoms with E-state index in [0.717, 1.165) is 12.8 Å². The van der Waals surface area contributed by atoms with Crippen LogP contribution in [0.3, 0.4) is 0 Å². The van der Waals surface area contributed by atoms with E-state index in [1.54, 1.807) is 0 Å². The van der Waals surface area contributed by atoms with Crippen molar-refractivity contribution in [1.29, 1.82) is 0 Å². The molecule has 0 saturated carbocycles. The second kappa shape index (κ2) is 8.10. The van der Waals surface area contributed by atoms with Gasteiger partial charge in [-0.15, -0.1) is 12.4 Å². The number of rotatable bonds is 5. The third kappa shape index (κ3) is 4.23. The first-order valence-corrected chi connectivity index (χ1v) is 8.92. The number of halogens is 1. The molecule has 1 amide bonds. The van der Waals surface area contributed by atoms with E-state index in [4.69, 9.17) is 5.73 Å². The number of benzene rings is 1. The molecule has 0 bridgehead atoms. The van der Waals surface area contributed by atoms with Gasteiger partial charge in [-0.3, -0.25) is 4.79 Å². The molecule has 1 heterocycles. The van der Waals surface area contributed by atoms with Gasteiger partial charge in [-0.25, -0.2) is 8.42 Å². The Morgan fingerprint density at radius 1 is 1.30 bits per heavy atom. The molecule has 130 valence electrons.